The van der Waals surface area contributed by atoms with E-state index < -0.39 is 5.91 Å². The Kier molecular flexibility index (Phi) is 5.19. The third kappa shape index (κ3) is 4.74. The minimum Gasteiger partial charge on any atom is -0.508 e. The van der Waals surface area contributed by atoms with Crippen molar-refractivity contribution in [1.29, 1.82) is 0 Å². The average Bonchev–Trinajstić information content (AvgIpc) is 2.50. The van der Waals surface area contributed by atoms with Gasteiger partial charge in [0, 0.05) is 11.6 Å². The van der Waals surface area contributed by atoms with Crippen molar-refractivity contribution in [3.8, 4) is 17.2 Å². The van der Waals surface area contributed by atoms with Crippen LogP contribution in [0.4, 0.5) is 0 Å². The Morgan fingerprint density at radius 2 is 2.00 bits per heavy atom. The Morgan fingerprint density at radius 3 is 2.70 bits per heavy atom. The van der Waals surface area contributed by atoms with Gasteiger partial charge < -0.3 is 14.9 Å². The van der Waals surface area contributed by atoms with Gasteiger partial charge in [-0.3, -0.25) is 4.79 Å². The highest BCUT2D eigenvalue weighted by molar-refractivity contribution is 6.01. The Balaban J connectivity index is 1.92. The van der Waals surface area contributed by atoms with Crippen LogP contribution in [-0.4, -0.2) is 28.4 Å². The normalized spacial score (nSPS) is 11.1. The lowest BCUT2D eigenvalue weighted by atomic mass is 10.1. The molecule has 23 heavy (non-hydrogen) atoms. The molecule has 0 aliphatic heterocycles. The monoisotopic (exact) mass is 314 g/mol. The van der Waals surface area contributed by atoms with Crippen LogP contribution in [-0.2, 0) is 4.79 Å². The fourth-order valence-electron chi connectivity index (χ4n) is 1.92. The molecule has 2 aromatic carbocycles. The second-order valence-electron chi connectivity index (χ2n) is 5.04. The SMILES string of the molecule is CC(=NNC(=O)COc1cccc(C)c1)c1ccc(O)cc1O. The maximum atomic E-state index is 11.7. The number of rotatable bonds is 5. The summed E-state index contributed by atoms with van der Waals surface area (Å²) in [5, 5.41) is 22.9. The maximum Gasteiger partial charge on any atom is 0.277 e. The molecule has 0 aromatic heterocycles. The molecule has 0 bridgehead atoms. The number of hydrazone groups is 1. The second-order valence-corrected chi connectivity index (χ2v) is 5.04. The van der Waals surface area contributed by atoms with Crippen LogP contribution in [0.25, 0.3) is 0 Å². The van der Waals surface area contributed by atoms with E-state index in [1.807, 2.05) is 25.1 Å². The van der Waals surface area contributed by atoms with Gasteiger partial charge in [-0.15, -0.1) is 0 Å². The van der Waals surface area contributed by atoms with Crippen molar-refractivity contribution in [2.45, 2.75) is 13.8 Å². The van der Waals surface area contributed by atoms with Crippen molar-refractivity contribution in [3.63, 3.8) is 0 Å². The summed E-state index contributed by atoms with van der Waals surface area (Å²) in [5.74, 6) is 0.0345. The van der Waals surface area contributed by atoms with Gasteiger partial charge in [0.1, 0.15) is 17.2 Å². The number of phenols is 2. The molecular formula is C17H18N2O4. The summed E-state index contributed by atoms with van der Waals surface area (Å²) in [6.45, 7) is 3.40. The lowest BCUT2D eigenvalue weighted by molar-refractivity contribution is -0.123. The number of aromatic hydroxyl groups is 2. The molecule has 0 fully saturated rings. The molecule has 0 radical (unpaired) electrons. The lowest BCUT2D eigenvalue weighted by Gasteiger charge is -2.07. The number of hydrogen-bond donors (Lipinski definition) is 3. The molecule has 2 rings (SSSR count). The smallest absolute Gasteiger partial charge is 0.277 e. The molecule has 0 aliphatic carbocycles. The third-order valence-electron chi connectivity index (χ3n) is 3.08. The molecule has 0 heterocycles. The molecule has 3 N–H and O–H groups in total. The Bertz CT molecular complexity index is 741. The first kappa shape index (κ1) is 16.4. The van der Waals surface area contributed by atoms with Crippen LogP contribution in [0, 0.1) is 6.92 Å². The molecule has 6 heteroatoms. The molecule has 6 nitrogen and oxygen atoms in total. The third-order valence-corrected chi connectivity index (χ3v) is 3.08. The van der Waals surface area contributed by atoms with Crippen molar-refractivity contribution in [1.82, 2.24) is 5.43 Å². The summed E-state index contributed by atoms with van der Waals surface area (Å²) in [6, 6.07) is 11.5. The van der Waals surface area contributed by atoms with Crippen molar-refractivity contribution in [2.75, 3.05) is 6.61 Å². The summed E-state index contributed by atoms with van der Waals surface area (Å²) < 4.78 is 5.36. The maximum absolute atomic E-state index is 11.7. The van der Waals surface area contributed by atoms with Crippen LogP contribution in [0.3, 0.4) is 0 Å². The summed E-state index contributed by atoms with van der Waals surface area (Å²) >= 11 is 0. The van der Waals surface area contributed by atoms with E-state index in [0.29, 0.717) is 17.0 Å². The van der Waals surface area contributed by atoms with Gasteiger partial charge in [0.05, 0.1) is 5.71 Å². The van der Waals surface area contributed by atoms with E-state index >= 15 is 0 Å². The first-order valence-electron chi connectivity index (χ1n) is 7.00. The van der Waals surface area contributed by atoms with Crippen LogP contribution in [0.15, 0.2) is 47.6 Å². The quantitative estimate of drug-likeness (QED) is 0.583. The highest BCUT2D eigenvalue weighted by Crippen LogP contribution is 2.22. The number of carbonyl (C=O) groups is 1. The van der Waals surface area contributed by atoms with Crippen LogP contribution >= 0.6 is 0 Å². The summed E-state index contributed by atoms with van der Waals surface area (Å²) in [6.07, 6.45) is 0. The van der Waals surface area contributed by atoms with Crippen molar-refractivity contribution < 1.29 is 19.7 Å². The van der Waals surface area contributed by atoms with Crippen LogP contribution in [0.1, 0.15) is 18.1 Å². The fraction of sp³-hybridized carbons (Fsp3) is 0.176. The van der Waals surface area contributed by atoms with Gasteiger partial charge in [0.25, 0.3) is 5.91 Å². The molecule has 0 spiro atoms. The zero-order chi connectivity index (χ0) is 16.8. The fourth-order valence-corrected chi connectivity index (χ4v) is 1.92. The van der Waals surface area contributed by atoms with E-state index in [1.54, 1.807) is 13.0 Å². The van der Waals surface area contributed by atoms with E-state index in [9.17, 15) is 15.0 Å². The van der Waals surface area contributed by atoms with E-state index in [4.69, 9.17) is 4.74 Å². The Morgan fingerprint density at radius 1 is 1.22 bits per heavy atom. The molecule has 120 valence electrons. The second kappa shape index (κ2) is 7.31. The molecule has 0 aliphatic rings. The summed E-state index contributed by atoms with van der Waals surface area (Å²) in [5.41, 5.74) is 4.23. The molecule has 0 atom stereocenters. The van der Waals surface area contributed by atoms with Crippen LogP contribution in [0.5, 0.6) is 17.2 Å². The molecule has 0 saturated carbocycles. The number of nitrogens with one attached hydrogen (secondary N) is 1. The molecule has 0 saturated heterocycles. The zero-order valence-corrected chi connectivity index (χ0v) is 12.9. The summed E-state index contributed by atoms with van der Waals surface area (Å²) in [7, 11) is 0. The molecule has 2 aromatic rings. The lowest BCUT2D eigenvalue weighted by Crippen LogP contribution is -2.25. The minimum absolute atomic E-state index is 0.0466. The average molecular weight is 314 g/mol. The van der Waals surface area contributed by atoms with Gasteiger partial charge in [0.2, 0.25) is 0 Å². The van der Waals surface area contributed by atoms with Crippen molar-refractivity contribution >= 4 is 11.6 Å². The number of ether oxygens (including phenoxy) is 1. The van der Waals surface area contributed by atoms with E-state index in [0.717, 1.165) is 5.56 Å². The van der Waals surface area contributed by atoms with Gasteiger partial charge in [-0.25, -0.2) is 5.43 Å². The number of hydrogen-bond acceptors (Lipinski definition) is 5. The summed E-state index contributed by atoms with van der Waals surface area (Å²) in [4.78, 5) is 11.7. The highest BCUT2D eigenvalue weighted by atomic mass is 16.5. The predicted molar refractivity (Wildman–Crippen MR) is 86.8 cm³/mol. The van der Waals surface area contributed by atoms with Crippen molar-refractivity contribution in [3.05, 3.63) is 53.6 Å². The minimum atomic E-state index is -0.413. The largest absolute Gasteiger partial charge is 0.508 e. The van der Waals surface area contributed by atoms with Crippen molar-refractivity contribution in [2.24, 2.45) is 5.10 Å². The number of carbonyl (C=O) groups excluding carboxylic acids is 1. The predicted octanol–water partition coefficient (Wildman–Crippen LogP) is 2.33. The first-order valence-corrected chi connectivity index (χ1v) is 7.00. The number of nitrogens with zero attached hydrogens (tertiary/aromatic N) is 1. The van der Waals surface area contributed by atoms with E-state index in [1.165, 1.54) is 18.2 Å². The zero-order valence-electron chi connectivity index (χ0n) is 12.9. The van der Waals surface area contributed by atoms with Gasteiger partial charge in [0.15, 0.2) is 6.61 Å². The Hall–Kier alpha value is -3.02. The molecule has 0 unspecified atom stereocenters. The molecular weight excluding hydrogens is 296 g/mol. The number of amides is 1. The van der Waals surface area contributed by atoms with Gasteiger partial charge in [-0.2, -0.15) is 5.10 Å². The van der Waals surface area contributed by atoms with Crippen LogP contribution in [0.2, 0.25) is 0 Å². The number of benzene rings is 2. The number of aryl methyl sites for hydroxylation is 1. The standard InChI is InChI=1S/C17H18N2O4/c1-11-4-3-5-14(8-11)23-10-17(22)19-18-12(2)15-7-6-13(20)9-16(15)21/h3-9,20-21H,10H2,1-2H3,(H,19,22). The Labute approximate surface area is 134 Å². The number of phenolic OH excluding ortho intramolecular Hbond substituents is 2. The first-order chi connectivity index (χ1) is 11.0. The topological polar surface area (TPSA) is 91.2 Å². The van der Waals surface area contributed by atoms with Gasteiger partial charge in [-0.05, 0) is 43.7 Å². The molecule has 1 amide bonds. The van der Waals surface area contributed by atoms with Gasteiger partial charge in [-0.1, -0.05) is 12.1 Å². The van der Waals surface area contributed by atoms with E-state index in [-0.39, 0.29) is 18.1 Å². The highest BCUT2D eigenvalue weighted by Gasteiger charge is 2.07. The van der Waals surface area contributed by atoms with Crippen LogP contribution < -0.4 is 10.2 Å². The van der Waals surface area contributed by atoms with Gasteiger partial charge >= 0.3 is 0 Å². The van der Waals surface area contributed by atoms with E-state index in [2.05, 4.69) is 10.5 Å².